The van der Waals surface area contributed by atoms with E-state index in [1.54, 1.807) is 12.3 Å². The summed E-state index contributed by atoms with van der Waals surface area (Å²) < 4.78 is 51.0. The van der Waals surface area contributed by atoms with Gasteiger partial charge in [-0.25, -0.2) is 16.8 Å². The average Bonchev–Trinajstić information content (AvgIpc) is 2.79. The third-order valence-electron chi connectivity index (χ3n) is 3.38. The molecule has 0 N–H and O–H groups in total. The van der Waals surface area contributed by atoms with Gasteiger partial charge in [-0.1, -0.05) is 0 Å². The summed E-state index contributed by atoms with van der Waals surface area (Å²) in [6, 6.07) is 0. The van der Waals surface area contributed by atoms with Crippen molar-refractivity contribution < 1.29 is 16.8 Å². The van der Waals surface area contributed by atoms with Crippen molar-refractivity contribution in [3.05, 3.63) is 15.8 Å². The normalized spacial score (nSPS) is 19.0. The van der Waals surface area contributed by atoms with Crippen LogP contribution in [0.25, 0.3) is 0 Å². The second-order valence-electron chi connectivity index (χ2n) is 4.87. The lowest BCUT2D eigenvalue weighted by atomic mass is 10.3. The Hall–Kier alpha value is -0.190. The first kappa shape index (κ1) is 17.2. The molecule has 0 amide bonds. The number of halogens is 1. The lowest BCUT2D eigenvalue weighted by Crippen LogP contribution is -2.50. The summed E-state index contributed by atoms with van der Waals surface area (Å²) in [6.45, 7) is 2.42. The quantitative estimate of drug-likeness (QED) is 0.741. The second kappa shape index (κ2) is 6.13. The molecule has 1 aliphatic heterocycles. The molecule has 6 nitrogen and oxygen atoms in total. The Kier molecular flexibility index (Phi) is 5.01. The number of rotatable bonds is 4. The van der Waals surface area contributed by atoms with E-state index in [2.05, 4.69) is 0 Å². The highest BCUT2D eigenvalue weighted by Crippen LogP contribution is 2.31. The lowest BCUT2D eigenvalue weighted by Gasteiger charge is -2.32. The largest absolute Gasteiger partial charge is 0.244 e. The zero-order valence-corrected chi connectivity index (χ0v) is 14.9. The highest BCUT2D eigenvalue weighted by Gasteiger charge is 2.34. The number of hydrogen-bond donors (Lipinski definition) is 0. The molecule has 0 spiro atoms. The van der Waals surface area contributed by atoms with Gasteiger partial charge in [0.2, 0.25) is 20.0 Å². The number of sulfonamides is 2. The van der Waals surface area contributed by atoms with Crippen molar-refractivity contribution in [3.63, 3.8) is 0 Å². The number of thiophene rings is 1. The van der Waals surface area contributed by atoms with Crippen LogP contribution in [0.2, 0.25) is 0 Å². The molecule has 2 rings (SSSR count). The van der Waals surface area contributed by atoms with Gasteiger partial charge in [0, 0.05) is 31.1 Å². The molecule has 1 fully saturated rings. The van der Waals surface area contributed by atoms with Crippen LogP contribution >= 0.6 is 22.9 Å². The fourth-order valence-corrected chi connectivity index (χ4v) is 6.56. The minimum atomic E-state index is -3.62. The van der Waals surface area contributed by atoms with Crippen LogP contribution in [0.15, 0.2) is 10.3 Å². The zero-order chi connectivity index (χ0) is 15.8. The van der Waals surface area contributed by atoms with Crippen molar-refractivity contribution in [2.24, 2.45) is 0 Å². The van der Waals surface area contributed by atoms with E-state index >= 15 is 0 Å². The van der Waals surface area contributed by atoms with E-state index < -0.39 is 20.0 Å². The van der Waals surface area contributed by atoms with Gasteiger partial charge in [-0.15, -0.1) is 22.9 Å². The topological polar surface area (TPSA) is 74.8 Å². The summed E-state index contributed by atoms with van der Waals surface area (Å²) in [7, 11) is -6.90. The number of piperazine rings is 1. The molecule has 1 aromatic rings. The molecule has 0 unspecified atom stereocenters. The van der Waals surface area contributed by atoms with E-state index in [0.29, 0.717) is 10.4 Å². The Balaban J connectivity index is 2.25. The monoisotopic (exact) mass is 372 g/mol. The molecule has 0 radical (unpaired) electrons. The first-order valence-corrected chi connectivity index (χ1v) is 11.0. The predicted molar refractivity (Wildman–Crippen MR) is 83.8 cm³/mol. The Bertz CT molecular complexity index is 719. The Morgan fingerprint density at radius 2 is 1.67 bits per heavy atom. The number of hydrogen-bond acceptors (Lipinski definition) is 5. The van der Waals surface area contributed by atoms with Gasteiger partial charge in [-0.2, -0.15) is 8.61 Å². The van der Waals surface area contributed by atoms with Crippen molar-refractivity contribution >= 4 is 43.0 Å². The van der Waals surface area contributed by atoms with E-state index in [1.165, 1.54) is 19.9 Å². The molecule has 2 heterocycles. The molecule has 0 aromatic carbocycles. The molecule has 1 aromatic heterocycles. The maximum absolute atomic E-state index is 12.7. The van der Waals surface area contributed by atoms with Crippen LogP contribution in [0.3, 0.4) is 0 Å². The van der Waals surface area contributed by atoms with Gasteiger partial charge in [-0.05, 0) is 17.9 Å². The van der Waals surface area contributed by atoms with Gasteiger partial charge in [0.25, 0.3) is 0 Å². The molecule has 0 bridgehead atoms. The molecule has 0 atom stereocenters. The minimum absolute atomic E-state index is 0.149. The fourth-order valence-electron chi connectivity index (χ4n) is 2.30. The molecular weight excluding hydrogens is 356 g/mol. The molecule has 0 aliphatic carbocycles. The van der Waals surface area contributed by atoms with Gasteiger partial charge in [0.15, 0.2) is 0 Å². The van der Waals surface area contributed by atoms with Crippen molar-refractivity contribution in [2.75, 3.05) is 32.4 Å². The number of aryl methyl sites for hydroxylation is 1. The van der Waals surface area contributed by atoms with Gasteiger partial charge >= 0.3 is 0 Å². The fraction of sp³-hybridized carbons (Fsp3) is 0.636. The third-order valence-corrected chi connectivity index (χ3v) is 8.47. The van der Waals surface area contributed by atoms with E-state index in [1.807, 2.05) is 0 Å². The van der Waals surface area contributed by atoms with Crippen LogP contribution in [0.5, 0.6) is 0 Å². The van der Waals surface area contributed by atoms with Crippen LogP contribution in [0.4, 0.5) is 0 Å². The Labute approximate surface area is 134 Å². The Morgan fingerprint density at radius 1 is 1.14 bits per heavy atom. The molecule has 10 heteroatoms. The maximum atomic E-state index is 12.7. The molecule has 1 saturated heterocycles. The number of nitrogens with zero attached hydrogens (tertiary/aromatic N) is 2. The van der Waals surface area contributed by atoms with Crippen LogP contribution in [0, 0.1) is 6.92 Å². The van der Waals surface area contributed by atoms with Gasteiger partial charge in [-0.3, -0.25) is 0 Å². The summed E-state index contributed by atoms with van der Waals surface area (Å²) >= 11 is 7.14. The van der Waals surface area contributed by atoms with E-state index in [9.17, 15) is 16.8 Å². The van der Waals surface area contributed by atoms with Crippen LogP contribution in [-0.2, 0) is 25.9 Å². The SMILES string of the molecule is Cc1csc(CCl)c1S(=O)(=O)N1CCN(S(C)(=O)=O)CC1. The molecule has 21 heavy (non-hydrogen) atoms. The van der Waals surface area contributed by atoms with E-state index in [4.69, 9.17) is 11.6 Å². The molecule has 1 aliphatic rings. The Morgan fingerprint density at radius 3 is 2.14 bits per heavy atom. The summed E-state index contributed by atoms with van der Waals surface area (Å²) in [6.07, 6.45) is 1.13. The van der Waals surface area contributed by atoms with E-state index in [-0.39, 0.29) is 37.0 Å². The van der Waals surface area contributed by atoms with Gasteiger partial charge in [0.1, 0.15) is 4.90 Å². The summed E-state index contributed by atoms with van der Waals surface area (Å²) in [5.74, 6) is 0.149. The summed E-state index contributed by atoms with van der Waals surface area (Å²) in [5.41, 5.74) is 0.682. The minimum Gasteiger partial charge on any atom is -0.213 e. The summed E-state index contributed by atoms with van der Waals surface area (Å²) in [4.78, 5) is 0.898. The first-order valence-electron chi connectivity index (χ1n) is 6.26. The van der Waals surface area contributed by atoms with Crippen LogP contribution in [0.1, 0.15) is 10.4 Å². The lowest BCUT2D eigenvalue weighted by molar-refractivity contribution is 0.274. The second-order valence-corrected chi connectivity index (χ2v) is 9.96. The molecular formula is C11H17ClN2O4S3. The smallest absolute Gasteiger partial charge is 0.213 e. The average molecular weight is 373 g/mol. The first-order chi connectivity index (χ1) is 9.67. The molecule has 0 saturated carbocycles. The van der Waals surface area contributed by atoms with Crippen molar-refractivity contribution in [2.45, 2.75) is 17.7 Å². The highest BCUT2D eigenvalue weighted by molar-refractivity contribution is 7.89. The number of alkyl halides is 1. The summed E-state index contributed by atoms with van der Waals surface area (Å²) in [5, 5.41) is 1.78. The van der Waals surface area contributed by atoms with Crippen LogP contribution < -0.4 is 0 Å². The van der Waals surface area contributed by atoms with Gasteiger partial charge in [0.05, 0.1) is 12.1 Å². The van der Waals surface area contributed by atoms with Gasteiger partial charge < -0.3 is 0 Å². The van der Waals surface area contributed by atoms with Crippen molar-refractivity contribution in [3.8, 4) is 0 Å². The predicted octanol–water partition coefficient (Wildman–Crippen LogP) is 1.06. The third kappa shape index (κ3) is 3.43. The zero-order valence-electron chi connectivity index (χ0n) is 11.7. The van der Waals surface area contributed by atoms with Crippen molar-refractivity contribution in [1.29, 1.82) is 0 Å². The standard InChI is InChI=1S/C11H17ClN2O4S3/c1-9-8-19-10(7-12)11(9)21(17,18)14-5-3-13(4-6-14)20(2,15)16/h8H,3-7H2,1-2H3. The van der Waals surface area contributed by atoms with Crippen LogP contribution in [-0.4, -0.2) is 57.9 Å². The van der Waals surface area contributed by atoms with E-state index in [0.717, 1.165) is 6.26 Å². The molecule has 120 valence electrons. The maximum Gasteiger partial charge on any atom is 0.244 e. The highest BCUT2D eigenvalue weighted by atomic mass is 35.5. The van der Waals surface area contributed by atoms with Crippen molar-refractivity contribution in [1.82, 2.24) is 8.61 Å².